The first-order valence-electron chi connectivity index (χ1n) is 5.24. The Labute approximate surface area is 98.6 Å². The molecule has 1 aliphatic heterocycles. The van der Waals surface area contributed by atoms with Crippen molar-refractivity contribution in [1.29, 1.82) is 0 Å². The van der Waals surface area contributed by atoms with Crippen LogP contribution >= 0.6 is 11.8 Å². The number of aliphatic carboxylic acids is 1. The zero-order chi connectivity index (χ0) is 11.4. The molecule has 0 unspecified atom stereocenters. The van der Waals surface area contributed by atoms with Gasteiger partial charge in [-0.15, -0.1) is 11.8 Å². The second-order valence-corrected chi connectivity index (χ2v) is 4.67. The lowest BCUT2D eigenvalue weighted by Gasteiger charge is -2.15. The van der Waals surface area contributed by atoms with E-state index < -0.39 is 5.97 Å². The first-order valence-corrected chi connectivity index (χ1v) is 6.23. The van der Waals surface area contributed by atoms with Gasteiger partial charge in [-0.25, -0.2) is 0 Å². The van der Waals surface area contributed by atoms with Crippen LogP contribution in [0.25, 0.3) is 0 Å². The number of rotatable bonds is 3. The molecule has 0 spiro atoms. The topological polar surface area (TPSA) is 49.7 Å². The van der Waals surface area contributed by atoms with Crippen molar-refractivity contribution in [3.8, 4) is 0 Å². The maximum Gasteiger partial charge on any atom is 0.304 e. The summed E-state index contributed by atoms with van der Waals surface area (Å²) in [5, 5.41) is 9.57. The zero-order valence-corrected chi connectivity index (χ0v) is 9.67. The number of hydrogen-bond acceptors (Lipinski definition) is 3. The molecule has 3 nitrogen and oxygen atoms in total. The summed E-state index contributed by atoms with van der Waals surface area (Å²) < 4.78 is 0. The van der Waals surface area contributed by atoms with Crippen molar-refractivity contribution < 1.29 is 9.90 Å². The molecule has 16 heavy (non-hydrogen) atoms. The smallest absolute Gasteiger partial charge is 0.304 e. The number of nitrogens with zero attached hydrogens (tertiary/aromatic N) is 1. The number of fused-ring (bicyclic) bond motifs is 1. The predicted molar refractivity (Wildman–Crippen MR) is 66.3 cm³/mol. The molecule has 1 aliphatic rings. The third kappa shape index (κ3) is 2.64. The number of carboxylic acid groups (broad SMARTS) is 1. The lowest BCUT2D eigenvalue weighted by Crippen LogP contribution is -2.11. The molecule has 0 atom stereocenters. The van der Waals surface area contributed by atoms with Crippen LogP contribution in [0.2, 0.25) is 0 Å². The second kappa shape index (κ2) is 5.16. The van der Waals surface area contributed by atoms with E-state index in [0.717, 1.165) is 18.0 Å². The molecule has 1 heterocycles. The van der Waals surface area contributed by atoms with Crippen LogP contribution in [0, 0.1) is 0 Å². The van der Waals surface area contributed by atoms with Crippen LogP contribution in [0.5, 0.6) is 0 Å². The van der Waals surface area contributed by atoms with E-state index in [-0.39, 0.29) is 6.42 Å². The largest absolute Gasteiger partial charge is 0.481 e. The van der Waals surface area contributed by atoms with E-state index in [0.29, 0.717) is 5.75 Å². The highest BCUT2D eigenvalue weighted by Gasteiger charge is 2.13. The number of carbonyl (C=O) groups is 1. The highest BCUT2D eigenvalue weighted by molar-refractivity contribution is 8.14. The monoisotopic (exact) mass is 235 g/mol. The van der Waals surface area contributed by atoms with Gasteiger partial charge < -0.3 is 5.11 Å². The van der Waals surface area contributed by atoms with E-state index in [2.05, 4.69) is 17.1 Å². The number of carboxylic acids is 1. The number of thioether (sulfide) groups is 1. The molecule has 0 saturated carbocycles. The Morgan fingerprint density at radius 1 is 1.44 bits per heavy atom. The molecule has 0 radical (unpaired) electrons. The lowest BCUT2D eigenvalue weighted by molar-refractivity contribution is -0.136. The summed E-state index contributed by atoms with van der Waals surface area (Å²) in [4.78, 5) is 14.9. The van der Waals surface area contributed by atoms with Gasteiger partial charge in [-0.3, -0.25) is 9.79 Å². The predicted octanol–water partition coefficient (Wildman–Crippen LogP) is 2.20. The van der Waals surface area contributed by atoms with E-state index in [1.54, 1.807) is 0 Å². The van der Waals surface area contributed by atoms with Crippen LogP contribution in [0.1, 0.15) is 17.5 Å². The summed E-state index contributed by atoms with van der Waals surface area (Å²) >= 11 is 1.54. The van der Waals surface area contributed by atoms with Crippen molar-refractivity contribution in [2.75, 3.05) is 12.3 Å². The van der Waals surface area contributed by atoms with Gasteiger partial charge in [0.1, 0.15) is 0 Å². The molecule has 1 aromatic carbocycles. The fraction of sp³-hybridized carbons (Fsp3) is 0.333. The Morgan fingerprint density at radius 3 is 3.06 bits per heavy atom. The summed E-state index contributed by atoms with van der Waals surface area (Å²) in [6, 6.07) is 8.20. The summed E-state index contributed by atoms with van der Waals surface area (Å²) in [6.45, 7) is 0.812. The van der Waals surface area contributed by atoms with Gasteiger partial charge in [0.25, 0.3) is 0 Å². The van der Waals surface area contributed by atoms with Crippen LogP contribution < -0.4 is 0 Å². The summed E-state index contributed by atoms with van der Waals surface area (Å²) in [5.41, 5.74) is 2.49. The van der Waals surface area contributed by atoms with Gasteiger partial charge in [-0.2, -0.15) is 0 Å². The Hall–Kier alpha value is -1.29. The first-order chi connectivity index (χ1) is 7.77. The summed E-state index contributed by atoms with van der Waals surface area (Å²) in [5.74, 6) is -0.167. The summed E-state index contributed by atoms with van der Waals surface area (Å²) in [7, 11) is 0. The minimum atomic E-state index is -0.753. The molecule has 4 heteroatoms. The number of aliphatic imine (C=N–C) groups is 1. The third-order valence-corrected chi connectivity index (χ3v) is 3.47. The standard InChI is InChI=1S/C12H13NO2S/c14-11(15)6-8-16-12-10-4-2-1-3-9(10)5-7-13-12/h1-4H,5-8H2,(H,14,15). The SMILES string of the molecule is O=C(O)CCSC1=NCCc2ccccc21. The Kier molecular flexibility index (Phi) is 3.62. The van der Waals surface area contributed by atoms with Gasteiger partial charge in [0, 0.05) is 17.9 Å². The molecule has 0 saturated heterocycles. The van der Waals surface area contributed by atoms with Crippen molar-refractivity contribution in [3.05, 3.63) is 35.4 Å². The Morgan fingerprint density at radius 2 is 2.25 bits per heavy atom. The van der Waals surface area contributed by atoms with Crippen molar-refractivity contribution in [2.24, 2.45) is 4.99 Å². The number of hydrogen-bond donors (Lipinski definition) is 1. The van der Waals surface area contributed by atoms with Gasteiger partial charge in [-0.1, -0.05) is 24.3 Å². The van der Waals surface area contributed by atoms with Crippen LogP contribution in [0.3, 0.4) is 0 Å². The van der Waals surface area contributed by atoms with Gasteiger partial charge in [0.15, 0.2) is 0 Å². The van der Waals surface area contributed by atoms with Crippen LogP contribution in [0.4, 0.5) is 0 Å². The molecule has 0 fully saturated rings. The molecule has 0 bridgehead atoms. The normalized spacial score (nSPS) is 14.1. The average Bonchev–Trinajstić information content (AvgIpc) is 2.29. The third-order valence-electron chi connectivity index (χ3n) is 2.44. The van der Waals surface area contributed by atoms with Crippen molar-refractivity contribution in [3.63, 3.8) is 0 Å². The molecule has 0 aromatic heterocycles. The van der Waals surface area contributed by atoms with Crippen molar-refractivity contribution in [1.82, 2.24) is 0 Å². The average molecular weight is 235 g/mol. The van der Waals surface area contributed by atoms with Gasteiger partial charge >= 0.3 is 5.97 Å². The molecule has 1 N–H and O–H groups in total. The lowest BCUT2D eigenvalue weighted by atomic mass is 10.0. The molecule has 1 aromatic rings. The first kappa shape index (κ1) is 11.2. The molecular weight excluding hydrogens is 222 g/mol. The van der Waals surface area contributed by atoms with Crippen LogP contribution in [0.15, 0.2) is 29.3 Å². The van der Waals surface area contributed by atoms with E-state index in [1.807, 2.05) is 12.1 Å². The van der Waals surface area contributed by atoms with Crippen molar-refractivity contribution in [2.45, 2.75) is 12.8 Å². The van der Waals surface area contributed by atoms with E-state index in [4.69, 9.17) is 5.11 Å². The fourth-order valence-electron chi connectivity index (χ4n) is 1.67. The maximum atomic E-state index is 10.4. The van der Waals surface area contributed by atoms with E-state index in [9.17, 15) is 4.79 Å². The van der Waals surface area contributed by atoms with Gasteiger partial charge in [0.2, 0.25) is 0 Å². The fourth-order valence-corrected chi connectivity index (χ4v) is 2.68. The molecule has 84 valence electrons. The highest BCUT2D eigenvalue weighted by atomic mass is 32.2. The Balaban J connectivity index is 2.05. The molecule has 0 aliphatic carbocycles. The molecule has 0 amide bonds. The minimum Gasteiger partial charge on any atom is -0.481 e. The second-order valence-electron chi connectivity index (χ2n) is 3.59. The maximum absolute atomic E-state index is 10.4. The van der Waals surface area contributed by atoms with Gasteiger partial charge in [0.05, 0.1) is 11.5 Å². The van der Waals surface area contributed by atoms with Gasteiger partial charge in [-0.05, 0) is 12.0 Å². The highest BCUT2D eigenvalue weighted by Crippen LogP contribution is 2.22. The van der Waals surface area contributed by atoms with E-state index >= 15 is 0 Å². The molecular formula is C12H13NO2S. The quantitative estimate of drug-likeness (QED) is 0.873. The number of benzene rings is 1. The van der Waals surface area contributed by atoms with Crippen LogP contribution in [-0.2, 0) is 11.2 Å². The molecule has 2 rings (SSSR count). The summed E-state index contributed by atoms with van der Waals surface area (Å²) in [6.07, 6.45) is 1.17. The van der Waals surface area contributed by atoms with Crippen molar-refractivity contribution >= 4 is 22.8 Å². The van der Waals surface area contributed by atoms with Crippen LogP contribution in [-0.4, -0.2) is 28.4 Å². The Bertz CT molecular complexity index is 429. The van der Waals surface area contributed by atoms with E-state index in [1.165, 1.54) is 22.9 Å². The zero-order valence-electron chi connectivity index (χ0n) is 8.85. The minimum absolute atomic E-state index is 0.186.